The summed E-state index contributed by atoms with van der Waals surface area (Å²) in [5.41, 5.74) is 1.10. The number of alkyl halides is 3. The van der Waals surface area contributed by atoms with E-state index in [0.29, 0.717) is 48.0 Å². The predicted octanol–water partition coefficient (Wildman–Crippen LogP) is 6.61. The zero-order valence-electron chi connectivity index (χ0n) is 32.0. The maximum atomic E-state index is 15.7. The molecule has 2 aliphatic rings. The molecule has 2 aromatic heterocycles. The second-order valence-electron chi connectivity index (χ2n) is 14.3. The van der Waals surface area contributed by atoms with Gasteiger partial charge in [-0.15, -0.1) is 13.2 Å². The fraction of sp³-hybridized carbons (Fsp3) is 0.385. The third kappa shape index (κ3) is 9.14. The van der Waals surface area contributed by atoms with Crippen LogP contribution in [0.4, 0.5) is 38.7 Å². The summed E-state index contributed by atoms with van der Waals surface area (Å²) in [7, 11) is 1.23. The predicted molar refractivity (Wildman–Crippen MR) is 202 cm³/mol. The van der Waals surface area contributed by atoms with Gasteiger partial charge in [0.1, 0.15) is 29.2 Å². The lowest BCUT2D eigenvalue weighted by atomic mass is 10.0. The number of nitrogens with one attached hydrogen (secondary N) is 2. The Kier molecular flexibility index (Phi) is 12.2. The molecule has 2 aromatic carbocycles. The average Bonchev–Trinajstić information content (AvgIpc) is 3.89. The fourth-order valence-corrected chi connectivity index (χ4v) is 7.11. The maximum Gasteiger partial charge on any atom is 0.544 e. The first-order valence-electron chi connectivity index (χ1n) is 18.5. The lowest BCUT2D eigenvalue weighted by molar-refractivity contribution is -0.325. The van der Waals surface area contributed by atoms with E-state index in [2.05, 4.69) is 25.1 Å². The number of ether oxygens (including phenoxy) is 1. The van der Waals surface area contributed by atoms with Gasteiger partial charge in [-0.1, -0.05) is 44.2 Å². The molecule has 3 unspecified atom stereocenters. The van der Waals surface area contributed by atoms with Crippen LogP contribution in [0.15, 0.2) is 67.0 Å². The van der Waals surface area contributed by atoms with E-state index in [4.69, 9.17) is 4.74 Å². The van der Waals surface area contributed by atoms with E-state index in [-0.39, 0.29) is 47.6 Å². The Labute approximate surface area is 330 Å². The second-order valence-corrected chi connectivity index (χ2v) is 14.3. The standard InChI is InChI=1S/C39H42F4N8O7/c1-22(2)33(47-37(54)57-4)36(53)50-15-5-6-31(50)34-45-20-29(46-34)25-9-7-24(8-10-25)26-11-13-30(28(40)18-26)51(58-39(41,42)43)35(52)27-12-14-32(44-19-27)49-17-16-48(38(55)56)21-23(49)3/h7-14,18-20,22-23,31,33H,5-6,15-17,21H2,1-4H3,(H,45,46)(H,47,54)(H,55,56). The number of aromatic amines is 1. The molecule has 308 valence electrons. The Bertz CT molecular complexity index is 2130. The van der Waals surface area contributed by atoms with E-state index in [1.165, 1.54) is 30.2 Å². The topological polar surface area (TPSA) is 174 Å². The van der Waals surface area contributed by atoms with Crippen LogP contribution in [0.3, 0.4) is 0 Å². The lowest BCUT2D eigenvalue weighted by Crippen LogP contribution is -2.53. The first-order valence-corrected chi connectivity index (χ1v) is 18.5. The average molecular weight is 811 g/mol. The number of hydroxylamine groups is 1. The number of methoxy groups -OCH3 is 1. The first-order chi connectivity index (χ1) is 27.5. The van der Waals surface area contributed by atoms with Gasteiger partial charge in [0.15, 0.2) is 0 Å². The molecule has 2 fully saturated rings. The Morgan fingerprint density at radius 2 is 1.67 bits per heavy atom. The van der Waals surface area contributed by atoms with Gasteiger partial charge in [-0.25, -0.2) is 23.9 Å². The number of pyridine rings is 1. The highest BCUT2D eigenvalue weighted by molar-refractivity contribution is 6.04. The molecular formula is C39H42F4N8O7. The Morgan fingerprint density at radius 1 is 0.966 bits per heavy atom. The monoisotopic (exact) mass is 810 g/mol. The van der Waals surface area contributed by atoms with Gasteiger partial charge in [0.25, 0.3) is 5.91 Å². The van der Waals surface area contributed by atoms with E-state index in [1.54, 1.807) is 47.2 Å². The van der Waals surface area contributed by atoms with Gasteiger partial charge in [0.05, 0.1) is 30.6 Å². The van der Waals surface area contributed by atoms with E-state index < -0.39 is 42.0 Å². The number of benzene rings is 2. The van der Waals surface area contributed by atoms with Gasteiger partial charge in [-0.2, -0.15) is 9.90 Å². The van der Waals surface area contributed by atoms with Gasteiger partial charge >= 0.3 is 18.5 Å². The van der Waals surface area contributed by atoms with Crippen LogP contribution < -0.4 is 15.3 Å². The molecule has 15 nitrogen and oxygen atoms in total. The molecule has 4 aromatic rings. The number of rotatable bonds is 10. The molecule has 58 heavy (non-hydrogen) atoms. The lowest BCUT2D eigenvalue weighted by Gasteiger charge is -2.39. The third-order valence-electron chi connectivity index (χ3n) is 10.1. The number of hydrogen-bond acceptors (Lipinski definition) is 9. The van der Waals surface area contributed by atoms with Crippen molar-refractivity contribution in [3.8, 4) is 22.4 Å². The number of nitrogens with zero attached hydrogens (tertiary/aromatic N) is 6. The molecule has 19 heteroatoms. The van der Waals surface area contributed by atoms with Gasteiger partial charge < -0.3 is 34.8 Å². The summed E-state index contributed by atoms with van der Waals surface area (Å²) in [5, 5.41) is 11.7. The SMILES string of the molecule is COC(=O)NC(C(=O)N1CCCC1c1ncc(-c2ccc(-c3ccc(N(OC(F)(F)F)C(=O)c4ccc(N5CCN(C(=O)O)CC5C)nc4)c(F)c3)cc2)[nH]1)C(C)C. The molecule has 3 atom stereocenters. The molecule has 4 amide bonds. The zero-order valence-corrected chi connectivity index (χ0v) is 32.0. The Morgan fingerprint density at radius 3 is 2.28 bits per heavy atom. The fourth-order valence-electron chi connectivity index (χ4n) is 7.11. The molecule has 0 aliphatic carbocycles. The molecule has 4 heterocycles. The van der Waals surface area contributed by atoms with Gasteiger partial charge in [-0.3, -0.25) is 9.59 Å². The minimum absolute atomic E-state index is 0.166. The number of piperazine rings is 1. The van der Waals surface area contributed by atoms with Crippen LogP contribution in [0.5, 0.6) is 0 Å². The number of aromatic nitrogens is 3. The first kappa shape index (κ1) is 41.4. The van der Waals surface area contributed by atoms with Gasteiger partial charge in [0.2, 0.25) is 5.91 Å². The zero-order chi connectivity index (χ0) is 41.9. The van der Waals surface area contributed by atoms with Crippen LogP contribution >= 0.6 is 0 Å². The van der Waals surface area contributed by atoms with Crippen molar-refractivity contribution in [1.29, 1.82) is 0 Å². The largest absolute Gasteiger partial charge is 0.544 e. The normalized spacial score (nSPS) is 17.6. The quantitative estimate of drug-likeness (QED) is 0.117. The van der Waals surface area contributed by atoms with Crippen molar-refractivity contribution in [2.45, 2.75) is 58.1 Å². The maximum absolute atomic E-state index is 15.7. The Balaban J connectivity index is 1.16. The highest BCUT2D eigenvalue weighted by atomic mass is 19.4. The number of alkyl carbamates (subject to hydrolysis) is 1. The number of carbonyl (C=O) groups excluding carboxylic acids is 3. The molecule has 0 saturated carbocycles. The number of amides is 4. The molecule has 3 N–H and O–H groups in total. The second kappa shape index (κ2) is 17.1. The van der Waals surface area contributed by atoms with Crippen LogP contribution in [0.1, 0.15) is 55.8 Å². The van der Waals surface area contributed by atoms with Crippen molar-refractivity contribution in [3.63, 3.8) is 0 Å². The molecule has 2 aliphatic heterocycles. The van der Waals surface area contributed by atoms with Crippen molar-refractivity contribution >= 4 is 35.5 Å². The minimum Gasteiger partial charge on any atom is -0.465 e. The molecule has 6 rings (SSSR count). The molecular weight excluding hydrogens is 768 g/mol. The van der Waals surface area contributed by atoms with Crippen molar-refractivity contribution < 1.29 is 51.4 Å². The number of likely N-dealkylation sites (tertiary alicyclic amines) is 1. The van der Waals surface area contributed by atoms with E-state index in [9.17, 15) is 37.5 Å². The van der Waals surface area contributed by atoms with Crippen LogP contribution in [-0.4, -0.2) is 106 Å². The van der Waals surface area contributed by atoms with Crippen molar-refractivity contribution in [2.75, 3.05) is 43.3 Å². The van der Waals surface area contributed by atoms with Gasteiger partial charge in [0, 0.05) is 38.4 Å². The highest BCUT2D eigenvalue weighted by Crippen LogP contribution is 2.35. The minimum atomic E-state index is -5.35. The number of H-pyrrole nitrogens is 1. The summed E-state index contributed by atoms with van der Waals surface area (Å²) in [4.78, 5) is 71.0. The van der Waals surface area contributed by atoms with Gasteiger partial charge in [-0.05, 0) is 66.6 Å². The van der Waals surface area contributed by atoms with E-state index in [1.807, 2.05) is 13.8 Å². The molecule has 0 spiro atoms. The highest BCUT2D eigenvalue weighted by Gasteiger charge is 2.39. The summed E-state index contributed by atoms with van der Waals surface area (Å²) < 4.78 is 61.1. The number of carbonyl (C=O) groups is 4. The van der Waals surface area contributed by atoms with Crippen molar-refractivity contribution in [2.24, 2.45) is 5.92 Å². The molecule has 0 bridgehead atoms. The summed E-state index contributed by atoms with van der Waals surface area (Å²) in [6, 6.07) is 11.5. The van der Waals surface area contributed by atoms with Crippen LogP contribution in [-0.2, 0) is 14.4 Å². The van der Waals surface area contributed by atoms with Crippen molar-refractivity contribution in [3.05, 3.63) is 84.2 Å². The Hall–Kier alpha value is -6.24. The number of hydrogen-bond donors (Lipinski definition) is 3. The number of halogens is 4. The summed E-state index contributed by atoms with van der Waals surface area (Å²) in [5.74, 6) is -1.97. The van der Waals surface area contributed by atoms with Crippen molar-refractivity contribution in [1.82, 2.24) is 30.1 Å². The number of carboxylic acid groups (broad SMARTS) is 1. The van der Waals surface area contributed by atoms with E-state index in [0.717, 1.165) is 30.3 Å². The summed E-state index contributed by atoms with van der Waals surface area (Å²) in [6.45, 7) is 6.67. The van der Waals surface area contributed by atoms with Crippen LogP contribution in [0.25, 0.3) is 22.4 Å². The van der Waals surface area contributed by atoms with Crippen LogP contribution in [0, 0.1) is 11.7 Å². The molecule has 2 saturated heterocycles. The number of imidazole rings is 1. The summed E-state index contributed by atoms with van der Waals surface area (Å²) in [6.07, 6.45) is -3.01. The van der Waals surface area contributed by atoms with Crippen LogP contribution in [0.2, 0.25) is 0 Å². The van der Waals surface area contributed by atoms with E-state index >= 15 is 4.39 Å². The summed E-state index contributed by atoms with van der Waals surface area (Å²) >= 11 is 0. The molecule has 0 radical (unpaired) electrons. The smallest absolute Gasteiger partial charge is 0.465 e. The third-order valence-corrected chi connectivity index (χ3v) is 10.1. The number of anilines is 2.